The first-order valence-electron chi connectivity index (χ1n) is 6.26. The SMILES string of the molecule is CCC(C)C(C(=O)Nc1ccc(Cl)cn1)n1cnnn1. The van der Waals surface area contributed by atoms with Crippen LogP contribution < -0.4 is 5.32 Å². The summed E-state index contributed by atoms with van der Waals surface area (Å²) in [4.78, 5) is 16.4. The summed E-state index contributed by atoms with van der Waals surface area (Å²) >= 11 is 5.76. The lowest BCUT2D eigenvalue weighted by Crippen LogP contribution is -2.31. The van der Waals surface area contributed by atoms with Crippen LogP contribution in [0.2, 0.25) is 5.02 Å². The second-order valence-electron chi connectivity index (χ2n) is 4.47. The summed E-state index contributed by atoms with van der Waals surface area (Å²) in [7, 11) is 0. The summed E-state index contributed by atoms with van der Waals surface area (Å²) < 4.78 is 1.46. The van der Waals surface area contributed by atoms with Crippen molar-refractivity contribution in [2.75, 3.05) is 5.32 Å². The van der Waals surface area contributed by atoms with Crippen molar-refractivity contribution < 1.29 is 4.79 Å². The van der Waals surface area contributed by atoms with Crippen molar-refractivity contribution in [1.29, 1.82) is 0 Å². The molecule has 0 fully saturated rings. The summed E-state index contributed by atoms with van der Waals surface area (Å²) in [5.41, 5.74) is 0. The highest BCUT2D eigenvalue weighted by Gasteiger charge is 2.27. The third-order valence-electron chi connectivity index (χ3n) is 3.08. The number of anilines is 1. The molecule has 0 aliphatic carbocycles. The van der Waals surface area contributed by atoms with E-state index in [1.807, 2.05) is 13.8 Å². The predicted octanol–water partition coefficient (Wildman–Crippen LogP) is 1.95. The Labute approximate surface area is 121 Å². The van der Waals surface area contributed by atoms with Gasteiger partial charge in [0.25, 0.3) is 5.91 Å². The van der Waals surface area contributed by atoms with Gasteiger partial charge in [-0.3, -0.25) is 4.79 Å². The molecule has 2 rings (SSSR count). The molecule has 20 heavy (non-hydrogen) atoms. The third kappa shape index (κ3) is 3.30. The number of tetrazole rings is 1. The van der Waals surface area contributed by atoms with Gasteiger partial charge in [-0.1, -0.05) is 31.9 Å². The fourth-order valence-electron chi connectivity index (χ4n) is 1.81. The lowest BCUT2D eigenvalue weighted by molar-refractivity contribution is -0.121. The smallest absolute Gasteiger partial charge is 0.250 e. The van der Waals surface area contributed by atoms with Crippen LogP contribution in [0.3, 0.4) is 0 Å². The Bertz CT molecular complexity index is 556. The number of aromatic nitrogens is 5. The van der Waals surface area contributed by atoms with Gasteiger partial charge in [0.15, 0.2) is 0 Å². The molecule has 0 saturated carbocycles. The molecule has 8 heteroatoms. The molecular formula is C12H15ClN6O. The van der Waals surface area contributed by atoms with E-state index in [2.05, 4.69) is 25.8 Å². The molecule has 0 saturated heterocycles. The fraction of sp³-hybridized carbons (Fsp3) is 0.417. The highest BCUT2D eigenvalue weighted by Crippen LogP contribution is 2.21. The highest BCUT2D eigenvalue weighted by molar-refractivity contribution is 6.30. The molecular weight excluding hydrogens is 280 g/mol. The number of nitrogens with one attached hydrogen (secondary N) is 1. The van der Waals surface area contributed by atoms with E-state index in [1.165, 1.54) is 17.2 Å². The maximum absolute atomic E-state index is 12.4. The van der Waals surface area contributed by atoms with Crippen LogP contribution in [0.25, 0.3) is 0 Å². The molecule has 106 valence electrons. The molecule has 1 N–H and O–H groups in total. The van der Waals surface area contributed by atoms with E-state index in [9.17, 15) is 4.79 Å². The van der Waals surface area contributed by atoms with Crippen LogP contribution >= 0.6 is 11.6 Å². The fourth-order valence-corrected chi connectivity index (χ4v) is 1.92. The van der Waals surface area contributed by atoms with Crippen molar-refractivity contribution >= 4 is 23.3 Å². The second-order valence-corrected chi connectivity index (χ2v) is 4.91. The highest BCUT2D eigenvalue weighted by atomic mass is 35.5. The molecule has 0 aliphatic heterocycles. The molecule has 0 radical (unpaired) electrons. The van der Waals surface area contributed by atoms with E-state index in [0.717, 1.165) is 6.42 Å². The Morgan fingerprint density at radius 2 is 2.30 bits per heavy atom. The Kier molecular flexibility index (Phi) is 4.62. The average Bonchev–Trinajstić information content (AvgIpc) is 2.95. The zero-order valence-corrected chi connectivity index (χ0v) is 11.9. The molecule has 2 heterocycles. The van der Waals surface area contributed by atoms with E-state index in [-0.39, 0.29) is 11.8 Å². The lowest BCUT2D eigenvalue weighted by atomic mass is 9.98. The van der Waals surface area contributed by atoms with Gasteiger partial charge in [0.1, 0.15) is 18.2 Å². The molecule has 7 nitrogen and oxygen atoms in total. The third-order valence-corrected chi connectivity index (χ3v) is 3.30. The van der Waals surface area contributed by atoms with Gasteiger partial charge in [-0.05, 0) is 28.5 Å². The van der Waals surface area contributed by atoms with Crippen LogP contribution in [0.1, 0.15) is 26.3 Å². The molecule has 0 aromatic carbocycles. The quantitative estimate of drug-likeness (QED) is 0.911. The van der Waals surface area contributed by atoms with Crippen molar-refractivity contribution in [3.8, 4) is 0 Å². The van der Waals surface area contributed by atoms with E-state index in [0.29, 0.717) is 10.8 Å². The first kappa shape index (κ1) is 14.4. The first-order chi connectivity index (χ1) is 9.61. The summed E-state index contributed by atoms with van der Waals surface area (Å²) in [6.07, 6.45) is 3.74. The zero-order valence-electron chi connectivity index (χ0n) is 11.2. The number of nitrogens with zero attached hydrogens (tertiary/aromatic N) is 5. The summed E-state index contributed by atoms with van der Waals surface area (Å²) in [6, 6.07) is 2.83. The van der Waals surface area contributed by atoms with E-state index < -0.39 is 6.04 Å². The van der Waals surface area contributed by atoms with Crippen LogP contribution in [0.15, 0.2) is 24.7 Å². The van der Waals surface area contributed by atoms with E-state index >= 15 is 0 Å². The van der Waals surface area contributed by atoms with Crippen molar-refractivity contribution in [3.63, 3.8) is 0 Å². The Balaban J connectivity index is 2.17. The zero-order chi connectivity index (χ0) is 14.5. The molecule has 2 aromatic rings. The first-order valence-corrected chi connectivity index (χ1v) is 6.64. The predicted molar refractivity (Wildman–Crippen MR) is 74.2 cm³/mol. The average molecular weight is 295 g/mol. The minimum absolute atomic E-state index is 0.0887. The number of halogens is 1. The monoisotopic (exact) mass is 294 g/mol. The molecule has 0 spiro atoms. The van der Waals surface area contributed by atoms with Crippen molar-refractivity contribution in [1.82, 2.24) is 25.2 Å². The van der Waals surface area contributed by atoms with Crippen molar-refractivity contribution in [3.05, 3.63) is 29.7 Å². The van der Waals surface area contributed by atoms with Gasteiger partial charge in [0.2, 0.25) is 0 Å². The Morgan fingerprint density at radius 3 is 2.85 bits per heavy atom. The lowest BCUT2D eigenvalue weighted by Gasteiger charge is -2.21. The van der Waals surface area contributed by atoms with E-state index in [4.69, 9.17) is 11.6 Å². The summed E-state index contributed by atoms with van der Waals surface area (Å²) in [5, 5.41) is 14.2. The van der Waals surface area contributed by atoms with Crippen molar-refractivity contribution in [2.24, 2.45) is 5.92 Å². The molecule has 1 amide bonds. The standard InChI is InChI=1S/C12H15ClN6O/c1-3-8(2)11(19-7-15-17-18-19)12(20)16-10-5-4-9(13)6-14-10/h4-8,11H,3H2,1-2H3,(H,14,16,20). The van der Waals surface area contributed by atoms with Crippen LogP contribution in [0.4, 0.5) is 5.82 Å². The number of amides is 1. The molecule has 0 aliphatic rings. The van der Waals surface area contributed by atoms with Gasteiger partial charge >= 0.3 is 0 Å². The largest absolute Gasteiger partial charge is 0.309 e. The van der Waals surface area contributed by atoms with Gasteiger partial charge in [0, 0.05) is 6.20 Å². The summed E-state index contributed by atoms with van der Waals surface area (Å²) in [6.45, 7) is 3.98. The minimum Gasteiger partial charge on any atom is -0.309 e. The normalized spacial score (nSPS) is 13.8. The molecule has 2 unspecified atom stereocenters. The van der Waals surface area contributed by atoms with Crippen molar-refractivity contribution in [2.45, 2.75) is 26.3 Å². The number of hydrogen-bond acceptors (Lipinski definition) is 5. The van der Waals surface area contributed by atoms with Crippen LogP contribution in [0, 0.1) is 5.92 Å². The number of carbonyl (C=O) groups is 1. The number of rotatable bonds is 5. The summed E-state index contributed by atoms with van der Waals surface area (Å²) in [5.74, 6) is 0.327. The number of hydrogen-bond donors (Lipinski definition) is 1. The maximum Gasteiger partial charge on any atom is 0.250 e. The number of carbonyl (C=O) groups excluding carboxylic acids is 1. The molecule has 2 aromatic heterocycles. The molecule has 2 atom stereocenters. The van der Waals surface area contributed by atoms with Gasteiger partial charge in [-0.25, -0.2) is 9.67 Å². The van der Waals surface area contributed by atoms with Gasteiger partial charge in [-0.15, -0.1) is 5.10 Å². The number of pyridine rings is 1. The van der Waals surface area contributed by atoms with E-state index in [1.54, 1.807) is 12.1 Å². The van der Waals surface area contributed by atoms with Gasteiger partial charge in [-0.2, -0.15) is 0 Å². The maximum atomic E-state index is 12.4. The van der Waals surface area contributed by atoms with Gasteiger partial charge < -0.3 is 5.32 Å². The topological polar surface area (TPSA) is 85.6 Å². The van der Waals surface area contributed by atoms with Crippen LogP contribution in [-0.4, -0.2) is 31.1 Å². The molecule has 0 bridgehead atoms. The minimum atomic E-state index is -0.479. The Hall–Kier alpha value is -2.02. The van der Waals surface area contributed by atoms with Crippen LogP contribution in [0.5, 0.6) is 0 Å². The van der Waals surface area contributed by atoms with Crippen LogP contribution in [-0.2, 0) is 4.79 Å². The second kappa shape index (κ2) is 6.42. The van der Waals surface area contributed by atoms with Gasteiger partial charge in [0.05, 0.1) is 5.02 Å². The Morgan fingerprint density at radius 1 is 1.50 bits per heavy atom.